The van der Waals surface area contributed by atoms with Crippen molar-refractivity contribution >= 4 is 37.6 Å². The van der Waals surface area contributed by atoms with Crippen LogP contribution in [0.5, 0.6) is 0 Å². The molecule has 0 radical (unpaired) electrons. The molecule has 1 unspecified atom stereocenters. The number of hydrogen-bond donors (Lipinski definition) is 1. The van der Waals surface area contributed by atoms with Crippen LogP contribution in [0.3, 0.4) is 0 Å². The van der Waals surface area contributed by atoms with Crippen LogP contribution in [0.15, 0.2) is 29.6 Å². The average Bonchev–Trinajstić information content (AvgIpc) is 3.12. The molecule has 29 heavy (non-hydrogen) atoms. The molecule has 1 aliphatic rings. The van der Waals surface area contributed by atoms with E-state index in [1.165, 1.54) is 17.1 Å². The maximum Gasteiger partial charge on any atom is 0.416 e. The van der Waals surface area contributed by atoms with Crippen molar-refractivity contribution in [1.82, 2.24) is 25.1 Å². The van der Waals surface area contributed by atoms with Crippen LogP contribution in [0, 0.1) is 0 Å². The number of carbonyl (C=O) groups is 1. The number of rotatable bonds is 3. The normalized spacial score (nSPS) is 15.9. The van der Waals surface area contributed by atoms with Gasteiger partial charge in [0.2, 0.25) is 0 Å². The number of alkyl halides is 3. The van der Waals surface area contributed by atoms with Gasteiger partial charge >= 0.3 is 6.18 Å². The zero-order valence-electron chi connectivity index (χ0n) is 15.5. The summed E-state index contributed by atoms with van der Waals surface area (Å²) in [5.74, 6) is 0.324. The quantitative estimate of drug-likeness (QED) is 0.734. The fourth-order valence-electron chi connectivity index (χ4n) is 2.80. The first-order valence-electron chi connectivity index (χ1n) is 8.54. The van der Waals surface area contributed by atoms with Crippen molar-refractivity contribution in [3.05, 3.63) is 46.5 Å². The van der Waals surface area contributed by atoms with Gasteiger partial charge in [0.05, 0.1) is 17.0 Å². The first kappa shape index (κ1) is 21.3. The Bertz CT molecular complexity index is 990. The lowest BCUT2D eigenvalue weighted by atomic mass is 10.1. The van der Waals surface area contributed by atoms with Gasteiger partial charge in [-0.2, -0.15) is 28.1 Å². The molecule has 0 fully saturated rings. The molecule has 2 aromatic rings. The predicted octanol–water partition coefficient (Wildman–Crippen LogP) is 3.60. The molecular weight excluding hydrogens is 428 g/mol. The molecule has 1 aromatic heterocycles. The topological polar surface area (TPSA) is 75.4 Å². The largest absolute Gasteiger partial charge is 0.416 e. The Balaban J connectivity index is 1.82. The van der Waals surface area contributed by atoms with Crippen LogP contribution >= 0.6 is 20.5 Å². The highest BCUT2D eigenvalue weighted by Gasteiger charge is 2.32. The maximum atomic E-state index is 13.0. The van der Waals surface area contributed by atoms with Crippen molar-refractivity contribution in [3.63, 3.8) is 0 Å². The molecule has 154 valence electrons. The minimum Gasteiger partial charge on any atom is -0.342 e. The molecule has 1 atom stereocenters. The fourth-order valence-corrected chi connectivity index (χ4v) is 3.21. The van der Waals surface area contributed by atoms with Gasteiger partial charge < -0.3 is 5.32 Å². The van der Waals surface area contributed by atoms with Crippen molar-refractivity contribution in [2.75, 3.05) is 7.05 Å². The third-order valence-corrected chi connectivity index (χ3v) is 5.07. The number of benzene rings is 1. The number of hydrazone groups is 1. The van der Waals surface area contributed by atoms with Gasteiger partial charge in [-0.3, -0.25) is 9.80 Å². The summed E-state index contributed by atoms with van der Waals surface area (Å²) in [5, 5.41) is 12.7. The number of nitrogens with zero attached hydrogens (tertiary/aromatic N) is 5. The Labute approximate surface area is 171 Å². The third kappa shape index (κ3) is 4.76. The number of carbonyl (C=O) groups excluding carboxylic acids is 1. The Morgan fingerprint density at radius 2 is 2.03 bits per heavy atom. The molecule has 1 aromatic carbocycles. The summed E-state index contributed by atoms with van der Waals surface area (Å²) >= 11 is 5.76. The summed E-state index contributed by atoms with van der Waals surface area (Å²) in [4.78, 5) is 16.7. The van der Waals surface area contributed by atoms with Gasteiger partial charge in [-0.1, -0.05) is 20.5 Å². The first-order valence-corrected chi connectivity index (χ1v) is 9.41. The molecular formula is C17H17ClF3N6OP. The molecule has 1 aliphatic heterocycles. The summed E-state index contributed by atoms with van der Waals surface area (Å²) in [6, 6.07) is 2.06. The third-order valence-electron chi connectivity index (χ3n) is 4.28. The van der Waals surface area contributed by atoms with Crippen molar-refractivity contribution in [2.24, 2.45) is 5.10 Å². The average molecular weight is 445 g/mol. The Hall–Kier alpha value is -2.45. The lowest BCUT2D eigenvalue weighted by Gasteiger charge is -2.24. The number of aromatic nitrogens is 3. The smallest absolute Gasteiger partial charge is 0.342 e. The summed E-state index contributed by atoms with van der Waals surface area (Å²) in [6.07, 6.45) is -1.96. The zero-order chi connectivity index (χ0) is 21.3. The van der Waals surface area contributed by atoms with Crippen LogP contribution in [0.1, 0.15) is 47.6 Å². The molecule has 0 aliphatic carbocycles. The van der Waals surface area contributed by atoms with E-state index in [4.69, 9.17) is 11.6 Å². The fraction of sp³-hybridized carbons (Fsp3) is 0.353. The van der Waals surface area contributed by atoms with E-state index in [-0.39, 0.29) is 10.6 Å². The van der Waals surface area contributed by atoms with E-state index in [2.05, 4.69) is 29.4 Å². The van der Waals surface area contributed by atoms with Crippen LogP contribution in [0.2, 0.25) is 5.02 Å². The van der Waals surface area contributed by atoms with Crippen LogP contribution in [-0.4, -0.2) is 44.0 Å². The van der Waals surface area contributed by atoms with Gasteiger partial charge in [-0.15, -0.1) is 0 Å². The van der Waals surface area contributed by atoms with E-state index in [0.717, 1.165) is 24.0 Å². The Morgan fingerprint density at radius 1 is 1.31 bits per heavy atom. The van der Waals surface area contributed by atoms with Crippen molar-refractivity contribution in [1.29, 1.82) is 0 Å². The van der Waals surface area contributed by atoms with Crippen LogP contribution in [0.25, 0.3) is 0 Å². The molecule has 3 rings (SSSR count). The standard InChI is InChI=1S/C17H17ClF3N6OP/c1-9(15-22-8-23-27(15)13-3-4-14(29)26(2)25-13)24-16(28)10-5-11(17(19,20)21)7-12(18)6-10/h5-9,29H,3-4H2,1-2H3,(H,24,28). The lowest BCUT2D eigenvalue weighted by Crippen LogP contribution is -2.34. The first-order chi connectivity index (χ1) is 13.6. The van der Waals surface area contributed by atoms with E-state index in [1.54, 1.807) is 19.0 Å². The second-order valence-corrected chi connectivity index (χ2v) is 7.45. The van der Waals surface area contributed by atoms with Crippen LogP contribution < -0.4 is 5.32 Å². The van der Waals surface area contributed by atoms with E-state index in [1.807, 2.05) is 0 Å². The van der Waals surface area contributed by atoms with Crippen molar-refractivity contribution in [2.45, 2.75) is 32.0 Å². The Morgan fingerprint density at radius 3 is 2.69 bits per heavy atom. The van der Waals surface area contributed by atoms with E-state index >= 15 is 0 Å². The molecule has 0 saturated carbocycles. The zero-order valence-corrected chi connectivity index (χ0v) is 17.2. The van der Waals surface area contributed by atoms with Gasteiger partial charge in [0.1, 0.15) is 6.33 Å². The summed E-state index contributed by atoms with van der Waals surface area (Å²) in [7, 11) is 5.25. The lowest BCUT2D eigenvalue weighted by molar-refractivity contribution is -0.137. The monoisotopic (exact) mass is 444 g/mol. The van der Waals surface area contributed by atoms with Crippen molar-refractivity contribution < 1.29 is 18.0 Å². The predicted molar refractivity (Wildman–Crippen MR) is 106 cm³/mol. The number of hydrogen-bond acceptors (Lipinski definition) is 4. The van der Waals surface area contributed by atoms with Crippen molar-refractivity contribution in [3.8, 4) is 0 Å². The molecule has 12 heteroatoms. The second-order valence-electron chi connectivity index (χ2n) is 6.44. The Kier molecular flexibility index (Phi) is 5.95. The molecule has 0 spiro atoms. The molecule has 1 N–H and O–H groups in total. The van der Waals surface area contributed by atoms with Gasteiger partial charge in [-0.05, 0) is 25.1 Å². The van der Waals surface area contributed by atoms with Gasteiger partial charge in [-0.25, -0.2) is 4.98 Å². The highest BCUT2D eigenvalue weighted by molar-refractivity contribution is 7.20. The summed E-state index contributed by atoms with van der Waals surface area (Å²) in [5.41, 5.74) is -0.277. The van der Waals surface area contributed by atoms with Crippen LogP contribution in [0.4, 0.5) is 13.2 Å². The maximum absolute atomic E-state index is 13.0. The summed E-state index contributed by atoms with van der Waals surface area (Å²) in [6.45, 7) is 1.66. The van der Waals surface area contributed by atoms with E-state index in [9.17, 15) is 18.0 Å². The van der Waals surface area contributed by atoms with Gasteiger partial charge in [0.25, 0.3) is 5.91 Å². The number of nitrogens with one attached hydrogen (secondary N) is 1. The highest BCUT2D eigenvalue weighted by atomic mass is 35.5. The molecule has 2 heterocycles. The van der Waals surface area contributed by atoms with Crippen LogP contribution in [-0.2, 0) is 6.18 Å². The van der Waals surface area contributed by atoms with E-state index in [0.29, 0.717) is 18.1 Å². The molecule has 0 saturated heterocycles. The number of halogens is 4. The summed E-state index contributed by atoms with van der Waals surface area (Å²) < 4.78 is 40.5. The molecule has 7 nitrogen and oxygen atoms in total. The minimum absolute atomic E-state index is 0.179. The molecule has 1 amide bonds. The minimum atomic E-state index is -4.61. The van der Waals surface area contributed by atoms with Gasteiger partial charge in [0, 0.05) is 30.5 Å². The molecule has 0 bridgehead atoms. The highest BCUT2D eigenvalue weighted by Crippen LogP contribution is 2.32. The second kappa shape index (κ2) is 8.12. The number of amides is 1. The van der Waals surface area contributed by atoms with E-state index < -0.39 is 23.7 Å². The van der Waals surface area contributed by atoms with Gasteiger partial charge in [0.15, 0.2) is 11.7 Å². The SMILES string of the molecule is CC(NC(=O)c1cc(Cl)cc(C(F)(F)F)c1)c1ncnn1C1=NN(C)C(=P)CC1.